The van der Waals surface area contributed by atoms with Crippen molar-refractivity contribution < 1.29 is 13.9 Å². The predicted octanol–water partition coefficient (Wildman–Crippen LogP) is 4.57. The number of halogens is 1. The number of nitrogens with one attached hydrogen (secondary N) is 1. The van der Waals surface area contributed by atoms with Gasteiger partial charge in [-0.2, -0.15) is 0 Å². The molecule has 0 fully saturated rings. The van der Waals surface area contributed by atoms with Gasteiger partial charge in [-0.3, -0.25) is 0 Å². The fourth-order valence-electron chi connectivity index (χ4n) is 2.82. The molecule has 1 atom stereocenters. The van der Waals surface area contributed by atoms with Gasteiger partial charge in [-0.15, -0.1) is 11.3 Å². The highest BCUT2D eigenvalue weighted by molar-refractivity contribution is 7.13. The summed E-state index contributed by atoms with van der Waals surface area (Å²) in [5.41, 5.74) is 3.05. The summed E-state index contributed by atoms with van der Waals surface area (Å²) < 4.78 is 24.2. The van der Waals surface area contributed by atoms with E-state index in [1.807, 2.05) is 17.5 Å². The summed E-state index contributed by atoms with van der Waals surface area (Å²) in [6, 6.07) is 12.6. The van der Waals surface area contributed by atoms with Crippen LogP contribution in [0.4, 0.5) is 4.39 Å². The van der Waals surface area contributed by atoms with Gasteiger partial charge in [-0.1, -0.05) is 6.07 Å². The van der Waals surface area contributed by atoms with Crippen LogP contribution >= 0.6 is 11.3 Å². The quantitative estimate of drug-likeness (QED) is 0.714. The lowest BCUT2D eigenvalue weighted by molar-refractivity contribution is 0.171. The molecule has 0 saturated carbocycles. The zero-order chi connectivity index (χ0) is 17.9. The summed E-state index contributed by atoms with van der Waals surface area (Å²) in [6.07, 6.45) is 0. The van der Waals surface area contributed by atoms with E-state index < -0.39 is 0 Å². The second-order valence-corrected chi connectivity index (χ2v) is 7.01. The molecule has 1 unspecified atom stereocenters. The molecule has 0 aliphatic carbocycles. The molecular formula is C20H19FN2O2S. The van der Waals surface area contributed by atoms with Gasteiger partial charge >= 0.3 is 0 Å². The van der Waals surface area contributed by atoms with Crippen molar-refractivity contribution in [3.8, 4) is 22.1 Å². The Morgan fingerprint density at radius 1 is 1.12 bits per heavy atom. The summed E-state index contributed by atoms with van der Waals surface area (Å²) in [6.45, 7) is 3.95. The Hall–Kier alpha value is -2.44. The van der Waals surface area contributed by atoms with Gasteiger partial charge in [0.1, 0.15) is 24.0 Å². The van der Waals surface area contributed by atoms with Crippen molar-refractivity contribution in [2.75, 3.05) is 13.2 Å². The molecular weight excluding hydrogens is 351 g/mol. The van der Waals surface area contributed by atoms with Gasteiger partial charge in [0.2, 0.25) is 0 Å². The Balaban J connectivity index is 1.40. The molecule has 0 radical (unpaired) electrons. The minimum absolute atomic E-state index is 0.154. The number of nitrogens with zero attached hydrogens (tertiary/aromatic N) is 1. The lowest BCUT2D eigenvalue weighted by Crippen LogP contribution is -2.19. The number of hydrogen-bond acceptors (Lipinski definition) is 5. The van der Waals surface area contributed by atoms with Crippen LogP contribution in [-0.4, -0.2) is 18.2 Å². The normalized spacial score (nSPS) is 14.2. The maximum atomic E-state index is 13.0. The Morgan fingerprint density at radius 3 is 2.69 bits per heavy atom. The van der Waals surface area contributed by atoms with Gasteiger partial charge in [0, 0.05) is 23.5 Å². The molecule has 4 nitrogen and oxygen atoms in total. The zero-order valence-corrected chi connectivity index (χ0v) is 15.2. The van der Waals surface area contributed by atoms with E-state index in [4.69, 9.17) is 9.47 Å². The lowest BCUT2D eigenvalue weighted by atomic mass is 10.1. The highest BCUT2D eigenvalue weighted by Crippen LogP contribution is 2.32. The summed E-state index contributed by atoms with van der Waals surface area (Å²) in [7, 11) is 0. The van der Waals surface area contributed by atoms with Crippen LogP contribution in [0.2, 0.25) is 0 Å². The molecule has 2 aromatic carbocycles. The molecule has 0 spiro atoms. The van der Waals surface area contributed by atoms with Crippen LogP contribution in [0, 0.1) is 5.82 Å². The molecule has 4 rings (SSSR count). The Labute approximate surface area is 155 Å². The fourth-order valence-corrected chi connectivity index (χ4v) is 3.64. The van der Waals surface area contributed by atoms with Crippen LogP contribution < -0.4 is 14.8 Å². The number of rotatable bonds is 5. The Kier molecular flexibility index (Phi) is 4.86. The van der Waals surface area contributed by atoms with E-state index in [0.29, 0.717) is 19.8 Å². The van der Waals surface area contributed by atoms with Gasteiger partial charge in [-0.05, 0) is 48.9 Å². The molecule has 0 amide bonds. The summed E-state index contributed by atoms with van der Waals surface area (Å²) in [5, 5.41) is 6.41. The molecule has 2 heterocycles. The Morgan fingerprint density at radius 2 is 1.88 bits per heavy atom. The van der Waals surface area contributed by atoms with Gasteiger partial charge in [0.25, 0.3) is 0 Å². The van der Waals surface area contributed by atoms with Crippen LogP contribution in [0.1, 0.15) is 24.2 Å². The number of hydrogen-bond donors (Lipinski definition) is 1. The van der Waals surface area contributed by atoms with Crippen molar-refractivity contribution in [3.63, 3.8) is 0 Å². The van der Waals surface area contributed by atoms with Crippen molar-refractivity contribution >= 4 is 11.3 Å². The van der Waals surface area contributed by atoms with Crippen LogP contribution in [0.15, 0.2) is 47.8 Å². The molecule has 26 heavy (non-hydrogen) atoms. The molecule has 0 bridgehead atoms. The first-order valence-corrected chi connectivity index (χ1v) is 9.40. The topological polar surface area (TPSA) is 43.4 Å². The number of benzene rings is 2. The molecule has 1 aliphatic rings. The second-order valence-electron chi connectivity index (χ2n) is 6.16. The number of fused-ring (bicyclic) bond motifs is 1. The number of aromatic nitrogens is 1. The standard InChI is InChI=1S/C20H19FN2O2S/c1-13(15-4-7-18-19(10-15)25-9-8-24-18)22-11-17-12-26-20(23-17)14-2-5-16(21)6-3-14/h2-7,10,12-13,22H,8-9,11H2,1H3. The van der Waals surface area contributed by atoms with E-state index in [0.717, 1.165) is 33.3 Å². The van der Waals surface area contributed by atoms with Gasteiger partial charge < -0.3 is 14.8 Å². The van der Waals surface area contributed by atoms with Crippen molar-refractivity contribution in [2.24, 2.45) is 0 Å². The maximum absolute atomic E-state index is 13.0. The van der Waals surface area contributed by atoms with E-state index in [1.165, 1.54) is 12.1 Å². The summed E-state index contributed by atoms with van der Waals surface area (Å²) in [5.74, 6) is 1.37. The monoisotopic (exact) mass is 370 g/mol. The van der Waals surface area contributed by atoms with Gasteiger partial charge in [0.05, 0.1) is 5.69 Å². The first kappa shape index (κ1) is 17.0. The smallest absolute Gasteiger partial charge is 0.161 e. The lowest BCUT2D eigenvalue weighted by Gasteiger charge is -2.21. The van der Waals surface area contributed by atoms with E-state index in [9.17, 15) is 4.39 Å². The van der Waals surface area contributed by atoms with E-state index in [2.05, 4.69) is 23.3 Å². The van der Waals surface area contributed by atoms with Gasteiger partial charge in [-0.25, -0.2) is 9.37 Å². The molecule has 1 aromatic heterocycles. The van der Waals surface area contributed by atoms with E-state index in [1.54, 1.807) is 23.5 Å². The predicted molar refractivity (Wildman–Crippen MR) is 100 cm³/mol. The average Bonchev–Trinajstić information content (AvgIpc) is 3.15. The van der Waals surface area contributed by atoms with E-state index >= 15 is 0 Å². The molecule has 0 saturated heterocycles. The van der Waals surface area contributed by atoms with Crippen molar-refractivity contribution in [1.29, 1.82) is 0 Å². The zero-order valence-electron chi connectivity index (χ0n) is 14.4. The fraction of sp³-hybridized carbons (Fsp3) is 0.250. The van der Waals surface area contributed by atoms with Crippen LogP contribution in [0.5, 0.6) is 11.5 Å². The minimum Gasteiger partial charge on any atom is -0.486 e. The summed E-state index contributed by atoms with van der Waals surface area (Å²) in [4.78, 5) is 4.63. The first-order valence-electron chi connectivity index (χ1n) is 8.52. The van der Waals surface area contributed by atoms with Gasteiger partial charge in [0.15, 0.2) is 11.5 Å². The number of ether oxygens (including phenoxy) is 2. The molecule has 3 aromatic rings. The van der Waals surface area contributed by atoms with Crippen LogP contribution in [-0.2, 0) is 6.54 Å². The van der Waals surface area contributed by atoms with Crippen molar-refractivity contribution in [3.05, 3.63) is 64.9 Å². The Bertz CT molecular complexity index is 895. The van der Waals surface area contributed by atoms with E-state index in [-0.39, 0.29) is 11.9 Å². The third-order valence-corrected chi connectivity index (χ3v) is 5.24. The SMILES string of the molecule is CC(NCc1csc(-c2ccc(F)cc2)n1)c1ccc2c(c1)OCCO2. The average molecular weight is 370 g/mol. The van der Waals surface area contributed by atoms with Crippen molar-refractivity contribution in [1.82, 2.24) is 10.3 Å². The third kappa shape index (κ3) is 3.71. The molecule has 134 valence electrons. The highest BCUT2D eigenvalue weighted by Gasteiger charge is 2.14. The summed E-state index contributed by atoms with van der Waals surface area (Å²) >= 11 is 1.56. The minimum atomic E-state index is -0.236. The largest absolute Gasteiger partial charge is 0.486 e. The van der Waals surface area contributed by atoms with Crippen molar-refractivity contribution in [2.45, 2.75) is 19.5 Å². The maximum Gasteiger partial charge on any atom is 0.161 e. The van der Waals surface area contributed by atoms with Crippen LogP contribution in [0.3, 0.4) is 0 Å². The molecule has 6 heteroatoms. The second kappa shape index (κ2) is 7.43. The van der Waals surface area contributed by atoms with Crippen LogP contribution in [0.25, 0.3) is 10.6 Å². The number of thiazole rings is 1. The molecule has 1 N–H and O–H groups in total. The first-order chi connectivity index (χ1) is 12.7. The highest BCUT2D eigenvalue weighted by atomic mass is 32.1. The third-order valence-electron chi connectivity index (χ3n) is 4.30. The molecule has 1 aliphatic heterocycles.